The van der Waals surface area contributed by atoms with Gasteiger partial charge in [-0.15, -0.1) is 0 Å². The molecular formula is C15H24N2O2. The maximum absolute atomic E-state index is 12.1. The molecule has 0 saturated heterocycles. The van der Waals surface area contributed by atoms with Crippen LogP contribution in [0.3, 0.4) is 0 Å². The van der Waals surface area contributed by atoms with Crippen molar-refractivity contribution in [2.75, 3.05) is 25.5 Å². The lowest BCUT2D eigenvalue weighted by atomic mass is 10.1. The molecule has 4 nitrogen and oxygen atoms in total. The molecule has 0 aliphatic carbocycles. The molecule has 0 saturated carbocycles. The van der Waals surface area contributed by atoms with Crippen LogP contribution in [0.4, 0.5) is 5.69 Å². The van der Waals surface area contributed by atoms with Crippen molar-refractivity contribution >= 4 is 11.6 Å². The Labute approximate surface area is 115 Å². The fourth-order valence-electron chi connectivity index (χ4n) is 1.91. The molecule has 0 atom stereocenters. The summed E-state index contributed by atoms with van der Waals surface area (Å²) in [7, 11) is 0. The van der Waals surface area contributed by atoms with E-state index >= 15 is 0 Å². The number of hydrogen-bond donors (Lipinski definition) is 1. The van der Waals surface area contributed by atoms with Gasteiger partial charge in [0.05, 0.1) is 13.0 Å². The standard InChI is InChI=1S/C15H24N2O2/c1-3-10-17(15(18)9-11-19-4-2)12-13-7-5-6-8-14(13)16/h5-8H,3-4,9-12,16H2,1-2H3. The highest BCUT2D eigenvalue weighted by atomic mass is 16.5. The van der Waals surface area contributed by atoms with Crippen LogP contribution in [-0.2, 0) is 16.1 Å². The first-order valence-corrected chi connectivity index (χ1v) is 6.87. The highest BCUT2D eigenvalue weighted by Crippen LogP contribution is 2.14. The molecule has 0 aliphatic rings. The highest BCUT2D eigenvalue weighted by molar-refractivity contribution is 5.76. The Morgan fingerprint density at radius 2 is 2.05 bits per heavy atom. The summed E-state index contributed by atoms with van der Waals surface area (Å²) in [6.07, 6.45) is 1.37. The van der Waals surface area contributed by atoms with Gasteiger partial charge in [0.15, 0.2) is 0 Å². The summed E-state index contributed by atoms with van der Waals surface area (Å²) in [4.78, 5) is 14.0. The van der Waals surface area contributed by atoms with Gasteiger partial charge in [0.25, 0.3) is 0 Å². The Morgan fingerprint density at radius 1 is 1.32 bits per heavy atom. The predicted molar refractivity (Wildman–Crippen MR) is 77.7 cm³/mol. The molecule has 106 valence electrons. The lowest BCUT2D eigenvalue weighted by Crippen LogP contribution is -2.32. The minimum atomic E-state index is 0.124. The van der Waals surface area contributed by atoms with Gasteiger partial charge in [0.1, 0.15) is 0 Å². The number of nitrogens with zero attached hydrogens (tertiary/aromatic N) is 1. The number of nitrogen functional groups attached to an aromatic ring is 1. The van der Waals surface area contributed by atoms with Crippen molar-refractivity contribution in [3.05, 3.63) is 29.8 Å². The van der Waals surface area contributed by atoms with Crippen molar-refractivity contribution in [2.45, 2.75) is 33.2 Å². The third kappa shape index (κ3) is 5.30. The lowest BCUT2D eigenvalue weighted by molar-refractivity contribution is -0.133. The van der Waals surface area contributed by atoms with E-state index in [1.54, 1.807) is 0 Å². The van der Waals surface area contributed by atoms with Gasteiger partial charge in [-0.2, -0.15) is 0 Å². The summed E-state index contributed by atoms with van der Waals surface area (Å²) >= 11 is 0. The average Bonchev–Trinajstić information content (AvgIpc) is 2.41. The van der Waals surface area contributed by atoms with Gasteiger partial charge in [-0.05, 0) is 25.0 Å². The fraction of sp³-hybridized carbons (Fsp3) is 0.533. The third-order valence-corrected chi connectivity index (χ3v) is 2.93. The number of amides is 1. The molecule has 0 heterocycles. The van der Waals surface area contributed by atoms with Crippen LogP contribution in [0.25, 0.3) is 0 Å². The van der Waals surface area contributed by atoms with Gasteiger partial charge in [-0.25, -0.2) is 0 Å². The normalized spacial score (nSPS) is 10.4. The van der Waals surface area contributed by atoms with Crippen LogP contribution in [0.15, 0.2) is 24.3 Å². The van der Waals surface area contributed by atoms with Crippen molar-refractivity contribution in [2.24, 2.45) is 0 Å². The molecule has 0 bridgehead atoms. The van der Waals surface area contributed by atoms with Gasteiger partial charge in [-0.1, -0.05) is 25.1 Å². The van der Waals surface area contributed by atoms with Gasteiger partial charge in [-0.3, -0.25) is 4.79 Å². The number of carbonyl (C=O) groups excluding carboxylic acids is 1. The Hall–Kier alpha value is -1.55. The average molecular weight is 264 g/mol. The van der Waals surface area contributed by atoms with E-state index in [1.165, 1.54) is 0 Å². The van der Waals surface area contributed by atoms with Crippen LogP contribution in [0.1, 0.15) is 32.3 Å². The molecule has 2 N–H and O–H groups in total. The van der Waals surface area contributed by atoms with Crippen LogP contribution in [0.5, 0.6) is 0 Å². The zero-order chi connectivity index (χ0) is 14.1. The highest BCUT2D eigenvalue weighted by Gasteiger charge is 2.13. The molecule has 0 aromatic heterocycles. The number of rotatable bonds is 8. The molecule has 0 aliphatic heterocycles. The summed E-state index contributed by atoms with van der Waals surface area (Å²) in [6.45, 7) is 6.45. The molecule has 1 aromatic rings. The van der Waals surface area contributed by atoms with Gasteiger partial charge in [0, 0.05) is 25.4 Å². The molecular weight excluding hydrogens is 240 g/mol. The molecule has 1 amide bonds. The molecule has 0 unspecified atom stereocenters. The van der Waals surface area contributed by atoms with E-state index < -0.39 is 0 Å². The van der Waals surface area contributed by atoms with Crippen LogP contribution in [0.2, 0.25) is 0 Å². The first-order valence-electron chi connectivity index (χ1n) is 6.87. The summed E-state index contributed by atoms with van der Waals surface area (Å²) < 4.78 is 5.23. The van der Waals surface area contributed by atoms with E-state index in [9.17, 15) is 4.79 Å². The SMILES string of the molecule is CCCN(Cc1ccccc1N)C(=O)CCOCC. The molecule has 1 aromatic carbocycles. The maximum atomic E-state index is 12.1. The Balaban J connectivity index is 2.61. The number of ether oxygens (including phenoxy) is 1. The fourth-order valence-corrected chi connectivity index (χ4v) is 1.91. The van der Waals surface area contributed by atoms with Crippen LogP contribution >= 0.6 is 0 Å². The van der Waals surface area contributed by atoms with Gasteiger partial charge < -0.3 is 15.4 Å². The van der Waals surface area contributed by atoms with Crippen LogP contribution in [-0.4, -0.2) is 30.6 Å². The van der Waals surface area contributed by atoms with E-state index in [0.717, 1.165) is 24.2 Å². The van der Waals surface area contributed by atoms with Crippen molar-refractivity contribution in [3.63, 3.8) is 0 Å². The van der Waals surface area contributed by atoms with Crippen molar-refractivity contribution in [1.82, 2.24) is 4.90 Å². The summed E-state index contributed by atoms with van der Waals surface area (Å²) in [5.41, 5.74) is 7.66. The minimum absolute atomic E-state index is 0.124. The van der Waals surface area contributed by atoms with Crippen molar-refractivity contribution in [3.8, 4) is 0 Å². The number of carbonyl (C=O) groups is 1. The number of nitrogens with two attached hydrogens (primary N) is 1. The Kier molecular flexibility index (Phi) is 6.97. The van der Waals surface area contributed by atoms with E-state index in [4.69, 9.17) is 10.5 Å². The third-order valence-electron chi connectivity index (χ3n) is 2.93. The van der Waals surface area contributed by atoms with Crippen molar-refractivity contribution < 1.29 is 9.53 Å². The van der Waals surface area contributed by atoms with E-state index in [0.29, 0.717) is 26.2 Å². The zero-order valence-electron chi connectivity index (χ0n) is 11.9. The quantitative estimate of drug-likeness (QED) is 0.579. The first-order chi connectivity index (χ1) is 9.19. The number of benzene rings is 1. The zero-order valence-corrected chi connectivity index (χ0v) is 11.9. The second-order valence-corrected chi connectivity index (χ2v) is 4.46. The number of hydrogen-bond acceptors (Lipinski definition) is 3. The van der Waals surface area contributed by atoms with E-state index in [-0.39, 0.29) is 5.91 Å². The Bertz CT molecular complexity index is 393. The van der Waals surface area contributed by atoms with Crippen molar-refractivity contribution in [1.29, 1.82) is 0 Å². The number of anilines is 1. The molecule has 0 fully saturated rings. The largest absolute Gasteiger partial charge is 0.398 e. The monoisotopic (exact) mass is 264 g/mol. The molecule has 19 heavy (non-hydrogen) atoms. The molecule has 1 rings (SSSR count). The Morgan fingerprint density at radius 3 is 2.68 bits per heavy atom. The smallest absolute Gasteiger partial charge is 0.225 e. The summed E-state index contributed by atoms with van der Waals surface area (Å²) in [6, 6.07) is 7.68. The summed E-state index contributed by atoms with van der Waals surface area (Å²) in [5.74, 6) is 0.124. The summed E-state index contributed by atoms with van der Waals surface area (Å²) in [5, 5.41) is 0. The van der Waals surface area contributed by atoms with Gasteiger partial charge >= 0.3 is 0 Å². The van der Waals surface area contributed by atoms with Crippen LogP contribution in [0, 0.1) is 0 Å². The second kappa shape index (κ2) is 8.53. The number of para-hydroxylation sites is 1. The molecule has 0 spiro atoms. The lowest BCUT2D eigenvalue weighted by Gasteiger charge is -2.23. The predicted octanol–water partition coefficient (Wildman–Crippen LogP) is 2.43. The topological polar surface area (TPSA) is 55.6 Å². The van der Waals surface area contributed by atoms with E-state index in [1.807, 2.05) is 36.1 Å². The second-order valence-electron chi connectivity index (χ2n) is 4.46. The minimum Gasteiger partial charge on any atom is -0.398 e. The van der Waals surface area contributed by atoms with E-state index in [2.05, 4.69) is 6.92 Å². The molecule has 4 heteroatoms. The van der Waals surface area contributed by atoms with Gasteiger partial charge in [0.2, 0.25) is 5.91 Å². The maximum Gasteiger partial charge on any atom is 0.225 e. The first kappa shape index (κ1) is 15.5. The molecule has 0 radical (unpaired) electrons. The van der Waals surface area contributed by atoms with Crippen LogP contribution < -0.4 is 5.73 Å².